The van der Waals surface area contributed by atoms with Crippen LogP contribution in [0.3, 0.4) is 0 Å². The Morgan fingerprint density at radius 3 is 2.81 bits per heavy atom. The van der Waals surface area contributed by atoms with Gasteiger partial charge < -0.3 is 20.3 Å². The van der Waals surface area contributed by atoms with E-state index in [0.717, 1.165) is 6.42 Å². The molecule has 0 saturated carbocycles. The van der Waals surface area contributed by atoms with Crippen LogP contribution in [-0.4, -0.2) is 54.6 Å². The molecule has 1 aliphatic rings. The Bertz CT molecular complexity index is 901. The highest BCUT2D eigenvalue weighted by Crippen LogP contribution is 2.31. The molecule has 0 amide bonds. The summed E-state index contributed by atoms with van der Waals surface area (Å²) in [5, 5.41) is 22.7. The van der Waals surface area contributed by atoms with Gasteiger partial charge in [-0.1, -0.05) is 30.3 Å². The minimum atomic E-state index is -0.706. The van der Waals surface area contributed by atoms with E-state index in [9.17, 15) is 10.2 Å². The van der Waals surface area contributed by atoms with Crippen molar-refractivity contribution in [2.75, 3.05) is 11.9 Å². The zero-order valence-corrected chi connectivity index (χ0v) is 15.1. The average molecular weight is 369 g/mol. The molecule has 142 valence electrons. The predicted octanol–water partition coefficient (Wildman–Crippen LogP) is 1.51. The van der Waals surface area contributed by atoms with Crippen molar-refractivity contribution in [1.29, 1.82) is 0 Å². The molecule has 3 heterocycles. The molecule has 3 unspecified atom stereocenters. The van der Waals surface area contributed by atoms with E-state index in [1.165, 1.54) is 11.9 Å². The summed E-state index contributed by atoms with van der Waals surface area (Å²) >= 11 is 0. The first-order valence-electron chi connectivity index (χ1n) is 9.08. The third-order valence-electron chi connectivity index (χ3n) is 4.82. The first-order valence-corrected chi connectivity index (χ1v) is 9.08. The molecule has 1 saturated heterocycles. The number of aromatic nitrogens is 4. The Labute approximate surface area is 156 Å². The van der Waals surface area contributed by atoms with Crippen LogP contribution < -0.4 is 5.32 Å². The van der Waals surface area contributed by atoms with Crippen LogP contribution in [0.15, 0.2) is 43.0 Å². The number of benzene rings is 1. The van der Waals surface area contributed by atoms with E-state index in [2.05, 4.69) is 39.3 Å². The molecular formula is C19H23N5O3. The van der Waals surface area contributed by atoms with Crippen LogP contribution in [0.4, 0.5) is 5.82 Å². The third kappa shape index (κ3) is 3.64. The lowest BCUT2D eigenvalue weighted by Gasteiger charge is -2.15. The monoisotopic (exact) mass is 369 g/mol. The molecule has 8 heteroatoms. The topological polar surface area (TPSA) is 105 Å². The Balaban J connectivity index is 1.54. The number of rotatable bonds is 6. The number of fused-ring (bicyclic) bond motifs is 1. The molecule has 0 bridgehead atoms. The molecule has 0 aliphatic carbocycles. The summed E-state index contributed by atoms with van der Waals surface area (Å²) in [6.07, 6.45) is 2.68. The molecule has 3 aromatic rings. The van der Waals surface area contributed by atoms with Crippen LogP contribution in [0.1, 0.15) is 25.1 Å². The van der Waals surface area contributed by atoms with Crippen LogP contribution in [0.25, 0.3) is 11.2 Å². The van der Waals surface area contributed by atoms with Crippen LogP contribution in [0.2, 0.25) is 0 Å². The standard InChI is InChI=1S/C19H23N5O3/c1-12(7-13-5-3-2-4-6-13)23-18-17-19(21-10-20-18)24(11-22-17)16-8-14(26)15(9-25)27-16/h2-6,10-12,14-16,25-26H,7-9H2,1H3,(H,20,21,23)/t12-,14?,15?,16?/m1/s1. The summed E-state index contributed by atoms with van der Waals surface area (Å²) in [5.74, 6) is 0.666. The van der Waals surface area contributed by atoms with Gasteiger partial charge in [-0.05, 0) is 18.9 Å². The van der Waals surface area contributed by atoms with Gasteiger partial charge in [0, 0.05) is 12.5 Å². The van der Waals surface area contributed by atoms with Gasteiger partial charge in [0.2, 0.25) is 0 Å². The molecule has 1 fully saturated rings. The van der Waals surface area contributed by atoms with Crippen molar-refractivity contribution < 1.29 is 14.9 Å². The van der Waals surface area contributed by atoms with E-state index in [-0.39, 0.29) is 12.6 Å². The van der Waals surface area contributed by atoms with Crippen molar-refractivity contribution in [2.45, 2.75) is 44.2 Å². The van der Waals surface area contributed by atoms with Gasteiger partial charge in [-0.25, -0.2) is 15.0 Å². The molecule has 2 aromatic heterocycles. The van der Waals surface area contributed by atoms with Crippen LogP contribution in [0, 0.1) is 0 Å². The number of hydrogen-bond donors (Lipinski definition) is 3. The fourth-order valence-corrected chi connectivity index (χ4v) is 3.47. The number of ether oxygens (including phenoxy) is 1. The normalized spacial score (nSPS) is 23.6. The van der Waals surface area contributed by atoms with Gasteiger partial charge >= 0.3 is 0 Å². The Morgan fingerprint density at radius 2 is 2.07 bits per heavy atom. The smallest absolute Gasteiger partial charge is 0.167 e. The second kappa shape index (κ2) is 7.59. The Morgan fingerprint density at radius 1 is 1.26 bits per heavy atom. The van der Waals surface area contributed by atoms with Crippen LogP contribution in [-0.2, 0) is 11.2 Å². The quantitative estimate of drug-likeness (QED) is 0.605. The van der Waals surface area contributed by atoms with Gasteiger partial charge in [0.05, 0.1) is 19.0 Å². The van der Waals surface area contributed by atoms with Gasteiger partial charge in [0.1, 0.15) is 18.7 Å². The van der Waals surface area contributed by atoms with Crippen molar-refractivity contribution in [3.8, 4) is 0 Å². The Kier molecular flexibility index (Phi) is 5.02. The molecule has 3 N–H and O–H groups in total. The first-order chi connectivity index (χ1) is 13.2. The molecule has 1 aromatic carbocycles. The minimum absolute atomic E-state index is 0.166. The van der Waals surface area contributed by atoms with Crippen molar-refractivity contribution >= 4 is 17.0 Å². The van der Waals surface area contributed by atoms with Gasteiger partial charge in [0.15, 0.2) is 17.0 Å². The van der Waals surface area contributed by atoms with Crippen LogP contribution >= 0.6 is 0 Å². The Hall–Kier alpha value is -2.55. The summed E-state index contributed by atoms with van der Waals surface area (Å²) in [6.45, 7) is 1.88. The lowest BCUT2D eigenvalue weighted by molar-refractivity contribution is -0.0432. The fourth-order valence-electron chi connectivity index (χ4n) is 3.47. The van der Waals surface area contributed by atoms with E-state index in [1.54, 1.807) is 10.9 Å². The zero-order valence-electron chi connectivity index (χ0n) is 15.1. The van der Waals surface area contributed by atoms with E-state index in [0.29, 0.717) is 23.4 Å². The molecule has 0 spiro atoms. The number of aliphatic hydroxyl groups excluding tert-OH is 2. The molecule has 8 nitrogen and oxygen atoms in total. The maximum Gasteiger partial charge on any atom is 0.167 e. The van der Waals surface area contributed by atoms with Gasteiger partial charge in [-0.2, -0.15) is 0 Å². The van der Waals surface area contributed by atoms with Crippen molar-refractivity contribution in [1.82, 2.24) is 19.5 Å². The summed E-state index contributed by atoms with van der Waals surface area (Å²) < 4.78 is 7.50. The number of nitrogens with zero attached hydrogens (tertiary/aromatic N) is 4. The highest BCUT2D eigenvalue weighted by atomic mass is 16.5. The molecule has 0 radical (unpaired) electrons. The maximum atomic E-state index is 9.98. The van der Waals surface area contributed by atoms with E-state index >= 15 is 0 Å². The number of hydrogen-bond acceptors (Lipinski definition) is 7. The van der Waals surface area contributed by atoms with Crippen molar-refractivity contribution in [3.63, 3.8) is 0 Å². The van der Waals surface area contributed by atoms with E-state index in [1.807, 2.05) is 18.2 Å². The van der Waals surface area contributed by atoms with Gasteiger partial charge in [0.25, 0.3) is 0 Å². The lowest BCUT2D eigenvalue weighted by Crippen LogP contribution is -2.24. The second-order valence-electron chi connectivity index (χ2n) is 6.90. The summed E-state index contributed by atoms with van der Waals surface area (Å²) in [4.78, 5) is 13.1. The number of imidazole rings is 1. The third-order valence-corrected chi connectivity index (χ3v) is 4.82. The molecule has 4 atom stereocenters. The van der Waals surface area contributed by atoms with Gasteiger partial charge in [-0.15, -0.1) is 0 Å². The highest BCUT2D eigenvalue weighted by molar-refractivity contribution is 5.82. The molecule has 1 aliphatic heterocycles. The fraction of sp³-hybridized carbons (Fsp3) is 0.421. The number of anilines is 1. The number of nitrogens with one attached hydrogen (secondary N) is 1. The SMILES string of the molecule is C[C@H](Cc1ccccc1)Nc1ncnc2c1ncn2C1CC(O)C(CO)O1. The number of aliphatic hydroxyl groups is 2. The molecular weight excluding hydrogens is 346 g/mol. The highest BCUT2D eigenvalue weighted by Gasteiger charge is 2.35. The lowest BCUT2D eigenvalue weighted by atomic mass is 10.1. The van der Waals surface area contributed by atoms with Crippen molar-refractivity contribution in [2.24, 2.45) is 0 Å². The predicted molar refractivity (Wildman–Crippen MR) is 100 cm³/mol. The largest absolute Gasteiger partial charge is 0.394 e. The minimum Gasteiger partial charge on any atom is -0.394 e. The van der Waals surface area contributed by atoms with Crippen molar-refractivity contribution in [3.05, 3.63) is 48.5 Å². The summed E-state index contributed by atoms with van der Waals surface area (Å²) in [6, 6.07) is 10.4. The average Bonchev–Trinajstić information content (AvgIpc) is 3.26. The van der Waals surface area contributed by atoms with E-state index < -0.39 is 18.4 Å². The summed E-state index contributed by atoms with van der Waals surface area (Å²) in [5.41, 5.74) is 2.54. The zero-order chi connectivity index (χ0) is 18.8. The van der Waals surface area contributed by atoms with Gasteiger partial charge in [-0.3, -0.25) is 4.57 Å². The summed E-state index contributed by atoms with van der Waals surface area (Å²) in [7, 11) is 0. The molecule has 27 heavy (non-hydrogen) atoms. The second-order valence-corrected chi connectivity index (χ2v) is 6.90. The maximum absolute atomic E-state index is 9.98. The van der Waals surface area contributed by atoms with E-state index in [4.69, 9.17) is 4.74 Å². The van der Waals surface area contributed by atoms with Crippen LogP contribution in [0.5, 0.6) is 0 Å². The first kappa shape index (κ1) is 17.8. The molecule has 4 rings (SSSR count).